The highest BCUT2D eigenvalue weighted by Gasteiger charge is 2.39. The zero-order valence-electron chi connectivity index (χ0n) is 14.8. The lowest BCUT2D eigenvalue weighted by Crippen LogP contribution is -2.19. The standard InChI is InChI=1S/C20H32O4/c1-2-3-4-5-6-9-12-16-17(19(22)15-18(16)21)13-10-7-8-11-14-20(23)24/h6-7,9-10,16-18,21H,2-5,8,11-15H2,1H3,(H,23,24)/b9-6+,10-7+/t16-,17-,18-/m1/s1. The molecule has 0 aromatic rings. The molecule has 0 amide bonds. The number of carbonyl (C=O) groups excluding carboxylic acids is 1. The molecule has 1 aliphatic rings. The highest BCUT2D eigenvalue weighted by atomic mass is 16.4. The molecule has 24 heavy (non-hydrogen) atoms. The van der Waals surface area contributed by atoms with Crippen molar-refractivity contribution in [3.63, 3.8) is 0 Å². The quantitative estimate of drug-likeness (QED) is 0.412. The maximum absolute atomic E-state index is 12.1. The Hall–Kier alpha value is -1.42. The van der Waals surface area contributed by atoms with Gasteiger partial charge in [-0.05, 0) is 44.4 Å². The van der Waals surface area contributed by atoms with E-state index in [-0.39, 0.29) is 30.5 Å². The Morgan fingerprint density at radius 3 is 2.42 bits per heavy atom. The number of ketones is 1. The molecule has 1 saturated carbocycles. The van der Waals surface area contributed by atoms with Gasteiger partial charge in [-0.1, -0.05) is 44.1 Å². The van der Waals surface area contributed by atoms with E-state index in [4.69, 9.17) is 5.11 Å². The summed E-state index contributed by atoms with van der Waals surface area (Å²) in [5, 5.41) is 18.7. The van der Waals surface area contributed by atoms with E-state index in [0.29, 0.717) is 12.8 Å². The first-order chi connectivity index (χ1) is 11.6. The number of allylic oxidation sites excluding steroid dienone is 4. The minimum absolute atomic E-state index is 0.0172. The first-order valence-corrected chi connectivity index (χ1v) is 9.28. The molecular formula is C20H32O4. The van der Waals surface area contributed by atoms with Gasteiger partial charge in [0.25, 0.3) is 0 Å². The van der Waals surface area contributed by atoms with E-state index in [2.05, 4.69) is 19.1 Å². The molecule has 2 N–H and O–H groups in total. The van der Waals surface area contributed by atoms with Crippen LogP contribution < -0.4 is 0 Å². The summed E-state index contributed by atoms with van der Waals surface area (Å²) in [6.45, 7) is 2.18. The normalized spacial score (nSPS) is 24.4. The Bertz CT molecular complexity index is 439. The maximum Gasteiger partial charge on any atom is 0.303 e. The Kier molecular flexibility index (Phi) is 10.3. The number of aliphatic hydroxyl groups excluding tert-OH is 1. The van der Waals surface area contributed by atoms with Crippen molar-refractivity contribution in [1.82, 2.24) is 0 Å². The second-order valence-corrected chi connectivity index (χ2v) is 6.70. The fourth-order valence-electron chi connectivity index (χ4n) is 3.26. The maximum atomic E-state index is 12.1. The van der Waals surface area contributed by atoms with E-state index in [1.165, 1.54) is 19.3 Å². The number of Topliss-reactive ketones (excluding diaryl/α,β-unsaturated/α-hetero) is 1. The van der Waals surface area contributed by atoms with Gasteiger partial charge in [0.05, 0.1) is 6.10 Å². The molecule has 1 rings (SSSR count). The van der Waals surface area contributed by atoms with Crippen molar-refractivity contribution < 1.29 is 19.8 Å². The Balaban J connectivity index is 2.37. The lowest BCUT2D eigenvalue weighted by Gasteiger charge is -2.18. The molecule has 4 nitrogen and oxygen atoms in total. The van der Waals surface area contributed by atoms with E-state index in [1.807, 2.05) is 12.2 Å². The molecule has 0 heterocycles. The largest absolute Gasteiger partial charge is 0.481 e. The van der Waals surface area contributed by atoms with Crippen LogP contribution in [0, 0.1) is 11.8 Å². The van der Waals surface area contributed by atoms with Crippen molar-refractivity contribution in [3.05, 3.63) is 24.3 Å². The fourth-order valence-corrected chi connectivity index (χ4v) is 3.26. The summed E-state index contributed by atoms with van der Waals surface area (Å²) in [7, 11) is 0. The molecule has 0 aromatic carbocycles. The van der Waals surface area contributed by atoms with Gasteiger partial charge in [-0.15, -0.1) is 0 Å². The SMILES string of the molecule is CCCCC/C=C/C[C@H]1[C@H](O)CC(=O)[C@@H]1C/C=C/CCCC(=O)O. The van der Waals surface area contributed by atoms with Crippen molar-refractivity contribution in [2.75, 3.05) is 0 Å². The summed E-state index contributed by atoms with van der Waals surface area (Å²) in [4.78, 5) is 22.5. The number of hydrogen-bond donors (Lipinski definition) is 2. The van der Waals surface area contributed by atoms with E-state index in [1.54, 1.807) is 0 Å². The molecule has 0 spiro atoms. The van der Waals surface area contributed by atoms with Crippen LogP contribution in [0.2, 0.25) is 0 Å². The van der Waals surface area contributed by atoms with Gasteiger partial charge in [0, 0.05) is 18.8 Å². The van der Waals surface area contributed by atoms with Crippen molar-refractivity contribution in [2.45, 2.75) is 77.2 Å². The molecule has 0 aliphatic heterocycles. The predicted octanol–water partition coefficient (Wildman–Crippen LogP) is 4.28. The zero-order chi connectivity index (χ0) is 17.8. The van der Waals surface area contributed by atoms with Gasteiger partial charge in [-0.3, -0.25) is 9.59 Å². The number of carboxylic acids is 1. The minimum atomic E-state index is -0.775. The molecular weight excluding hydrogens is 304 g/mol. The van der Waals surface area contributed by atoms with Crippen molar-refractivity contribution in [1.29, 1.82) is 0 Å². The van der Waals surface area contributed by atoms with E-state index in [0.717, 1.165) is 19.3 Å². The van der Waals surface area contributed by atoms with Gasteiger partial charge in [-0.25, -0.2) is 0 Å². The summed E-state index contributed by atoms with van der Waals surface area (Å²) in [5.74, 6) is -0.704. The predicted molar refractivity (Wildman–Crippen MR) is 95.8 cm³/mol. The van der Waals surface area contributed by atoms with Gasteiger partial charge in [-0.2, -0.15) is 0 Å². The number of aliphatic carboxylic acids is 1. The van der Waals surface area contributed by atoms with Crippen LogP contribution in [0.5, 0.6) is 0 Å². The average molecular weight is 336 g/mol. The molecule has 1 aliphatic carbocycles. The average Bonchev–Trinajstić information content (AvgIpc) is 2.80. The van der Waals surface area contributed by atoms with E-state index < -0.39 is 12.1 Å². The van der Waals surface area contributed by atoms with E-state index in [9.17, 15) is 14.7 Å². The van der Waals surface area contributed by atoms with Gasteiger partial charge in [0.1, 0.15) is 5.78 Å². The smallest absolute Gasteiger partial charge is 0.303 e. The first-order valence-electron chi connectivity index (χ1n) is 9.28. The number of carbonyl (C=O) groups is 2. The summed E-state index contributed by atoms with van der Waals surface area (Å²) >= 11 is 0. The van der Waals surface area contributed by atoms with Gasteiger partial charge in [0.15, 0.2) is 0 Å². The summed E-state index contributed by atoms with van der Waals surface area (Å²) in [6, 6.07) is 0. The summed E-state index contributed by atoms with van der Waals surface area (Å²) in [5.41, 5.74) is 0. The molecule has 0 bridgehead atoms. The molecule has 136 valence electrons. The molecule has 0 saturated heterocycles. The third kappa shape index (κ3) is 7.91. The molecule has 0 aromatic heterocycles. The highest BCUT2D eigenvalue weighted by molar-refractivity contribution is 5.84. The zero-order valence-corrected chi connectivity index (χ0v) is 14.8. The van der Waals surface area contributed by atoms with E-state index >= 15 is 0 Å². The Morgan fingerprint density at radius 2 is 1.75 bits per heavy atom. The lowest BCUT2D eigenvalue weighted by atomic mass is 9.88. The van der Waals surface area contributed by atoms with Crippen LogP contribution in [0.15, 0.2) is 24.3 Å². The molecule has 1 fully saturated rings. The van der Waals surface area contributed by atoms with Crippen LogP contribution in [-0.4, -0.2) is 28.1 Å². The van der Waals surface area contributed by atoms with Gasteiger partial charge in [0.2, 0.25) is 0 Å². The molecule has 4 heteroatoms. The minimum Gasteiger partial charge on any atom is -0.481 e. The number of unbranched alkanes of at least 4 members (excludes halogenated alkanes) is 4. The van der Waals surface area contributed by atoms with Crippen molar-refractivity contribution in [2.24, 2.45) is 11.8 Å². The first kappa shape index (κ1) is 20.6. The number of hydrogen-bond acceptors (Lipinski definition) is 3. The fraction of sp³-hybridized carbons (Fsp3) is 0.700. The third-order valence-corrected chi connectivity index (χ3v) is 4.70. The van der Waals surface area contributed by atoms with Crippen LogP contribution in [0.4, 0.5) is 0 Å². The Morgan fingerprint density at radius 1 is 1.08 bits per heavy atom. The van der Waals surface area contributed by atoms with Crippen LogP contribution in [0.1, 0.15) is 71.1 Å². The van der Waals surface area contributed by atoms with Crippen LogP contribution in [0.3, 0.4) is 0 Å². The lowest BCUT2D eigenvalue weighted by molar-refractivity contribution is -0.137. The number of carboxylic acid groups (broad SMARTS) is 1. The third-order valence-electron chi connectivity index (χ3n) is 4.70. The molecule has 0 radical (unpaired) electrons. The molecule has 0 unspecified atom stereocenters. The monoisotopic (exact) mass is 336 g/mol. The Labute approximate surface area is 145 Å². The van der Waals surface area contributed by atoms with Crippen LogP contribution >= 0.6 is 0 Å². The summed E-state index contributed by atoms with van der Waals surface area (Å²) in [6.07, 6.45) is 15.6. The highest BCUT2D eigenvalue weighted by Crippen LogP contribution is 2.34. The van der Waals surface area contributed by atoms with Crippen LogP contribution in [-0.2, 0) is 9.59 Å². The van der Waals surface area contributed by atoms with Crippen LogP contribution in [0.25, 0.3) is 0 Å². The van der Waals surface area contributed by atoms with Gasteiger partial charge < -0.3 is 10.2 Å². The summed E-state index contributed by atoms with van der Waals surface area (Å²) < 4.78 is 0. The second kappa shape index (κ2) is 12.0. The van der Waals surface area contributed by atoms with Crippen molar-refractivity contribution >= 4 is 11.8 Å². The number of aliphatic hydroxyl groups is 1. The molecule has 3 atom stereocenters. The van der Waals surface area contributed by atoms with Crippen molar-refractivity contribution in [3.8, 4) is 0 Å². The second-order valence-electron chi connectivity index (χ2n) is 6.70. The topological polar surface area (TPSA) is 74.6 Å². The van der Waals surface area contributed by atoms with Gasteiger partial charge >= 0.3 is 5.97 Å². The number of rotatable bonds is 12.